The van der Waals surface area contributed by atoms with Crippen LogP contribution in [0.1, 0.15) is 29.2 Å². The van der Waals surface area contributed by atoms with E-state index in [9.17, 15) is 0 Å². The molecule has 18 heavy (non-hydrogen) atoms. The van der Waals surface area contributed by atoms with Crippen molar-refractivity contribution in [3.63, 3.8) is 0 Å². The highest BCUT2D eigenvalue weighted by atomic mass is 16.5. The molecular weight excluding hydrogens is 220 g/mol. The first-order chi connectivity index (χ1) is 8.86. The lowest BCUT2D eigenvalue weighted by atomic mass is 10.00. The molecule has 1 heteroatoms. The van der Waals surface area contributed by atoms with Gasteiger partial charge >= 0.3 is 0 Å². The molecule has 1 aliphatic rings. The Bertz CT molecular complexity index is 540. The Balaban J connectivity index is 1.86. The maximum atomic E-state index is 5.75. The summed E-state index contributed by atoms with van der Waals surface area (Å²) in [5.41, 5.74) is 5.43. The number of hydrogen-bond acceptors (Lipinski definition) is 1. The van der Waals surface area contributed by atoms with Crippen molar-refractivity contribution >= 4 is 0 Å². The maximum absolute atomic E-state index is 5.75. The molecule has 2 aromatic carbocycles. The van der Waals surface area contributed by atoms with Crippen LogP contribution >= 0.6 is 0 Å². The molecule has 2 aromatic rings. The van der Waals surface area contributed by atoms with Gasteiger partial charge in [0.15, 0.2) is 0 Å². The Morgan fingerprint density at radius 3 is 2.56 bits per heavy atom. The highest BCUT2D eigenvalue weighted by Crippen LogP contribution is 2.30. The van der Waals surface area contributed by atoms with Gasteiger partial charge in [0.2, 0.25) is 0 Å². The molecule has 0 radical (unpaired) electrons. The zero-order chi connectivity index (χ0) is 12.4. The van der Waals surface area contributed by atoms with Crippen molar-refractivity contribution in [1.29, 1.82) is 0 Å². The van der Waals surface area contributed by atoms with Gasteiger partial charge in [0, 0.05) is 12.8 Å². The second-order valence-electron chi connectivity index (χ2n) is 4.85. The zero-order valence-electron chi connectivity index (χ0n) is 10.8. The van der Waals surface area contributed by atoms with Gasteiger partial charge in [0.1, 0.15) is 5.75 Å². The van der Waals surface area contributed by atoms with Crippen LogP contribution in [0.5, 0.6) is 5.75 Å². The van der Waals surface area contributed by atoms with Crippen molar-refractivity contribution in [2.45, 2.75) is 26.2 Å². The van der Waals surface area contributed by atoms with Crippen molar-refractivity contribution in [2.24, 2.45) is 0 Å². The Labute approximate surface area is 108 Å². The van der Waals surface area contributed by atoms with E-state index in [4.69, 9.17) is 4.74 Å². The predicted octanol–water partition coefficient (Wildman–Crippen LogP) is 3.77. The summed E-state index contributed by atoms with van der Waals surface area (Å²) in [5.74, 6) is 1.12. The van der Waals surface area contributed by atoms with Crippen LogP contribution in [0, 0.1) is 0 Å². The monoisotopic (exact) mass is 238 g/mol. The quantitative estimate of drug-likeness (QED) is 0.790. The first kappa shape index (κ1) is 11.3. The van der Waals surface area contributed by atoms with Crippen LogP contribution in [-0.2, 0) is 19.3 Å². The first-order valence-corrected chi connectivity index (χ1v) is 6.68. The van der Waals surface area contributed by atoms with Crippen LogP contribution < -0.4 is 4.74 Å². The predicted molar refractivity (Wildman–Crippen MR) is 74.3 cm³/mol. The number of rotatable bonds is 3. The van der Waals surface area contributed by atoms with Crippen LogP contribution in [0.25, 0.3) is 0 Å². The summed E-state index contributed by atoms with van der Waals surface area (Å²) in [6.45, 7) is 3.02. The van der Waals surface area contributed by atoms with E-state index in [-0.39, 0.29) is 0 Å². The molecule has 1 aliphatic heterocycles. The third-order valence-electron chi connectivity index (χ3n) is 3.62. The van der Waals surface area contributed by atoms with E-state index >= 15 is 0 Å². The fraction of sp³-hybridized carbons (Fsp3) is 0.294. The molecule has 92 valence electrons. The molecule has 0 amide bonds. The number of aryl methyl sites for hydroxylation is 1. The van der Waals surface area contributed by atoms with E-state index in [1.165, 1.54) is 22.3 Å². The lowest BCUT2D eigenvalue weighted by Gasteiger charge is -2.08. The minimum Gasteiger partial charge on any atom is -0.493 e. The largest absolute Gasteiger partial charge is 0.493 e. The molecule has 0 atom stereocenters. The fourth-order valence-electron chi connectivity index (χ4n) is 2.54. The van der Waals surface area contributed by atoms with Crippen LogP contribution in [-0.4, -0.2) is 6.61 Å². The van der Waals surface area contributed by atoms with E-state index in [0.29, 0.717) is 0 Å². The second-order valence-corrected chi connectivity index (χ2v) is 4.85. The molecule has 0 N–H and O–H groups in total. The molecule has 0 aromatic heterocycles. The minimum absolute atomic E-state index is 0.834. The van der Waals surface area contributed by atoms with Crippen molar-refractivity contribution < 1.29 is 4.74 Å². The molecule has 0 unspecified atom stereocenters. The van der Waals surface area contributed by atoms with Crippen LogP contribution in [0.15, 0.2) is 42.5 Å². The Morgan fingerprint density at radius 2 is 1.78 bits per heavy atom. The molecule has 0 saturated carbocycles. The summed E-state index contributed by atoms with van der Waals surface area (Å²) in [6, 6.07) is 15.4. The summed E-state index contributed by atoms with van der Waals surface area (Å²) < 4.78 is 5.75. The average Bonchev–Trinajstić information content (AvgIpc) is 2.89. The number of para-hydroxylation sites is 1. The lowest BCUT2D eigenvalue weighted by molar-refractivity contribution is 0.354. The maximum Gasteiger partial charge on any atom is 0.126 e. The van der Waals surface area contributed by atoms with Gasteiger partial charge in [-0.1, -0.05) is 49.4 Å². The molecule has 0 bridgehead atoms. The van der Waals surface area contributed by atoms with E-state index in [1.807, 2.05) is 0 Å². The Kier molecular flexibility index (Phi) is 3.06. The number of hydrogen-bond donors (Lipinski definition) is 0. The molecule has 0 aliphatic carbocycles. The third-order valence-corrected chi connectivity index (χ3v) is 3.62. The van der Waals surface area contributed by atoms with Gasteiger partial charge in [-0.15, -0.1) is 0 Å². The SMILES string of the molecule is CCc1ccc(Cc2cccc3c2OCC3)cc1. The van der Waals surface area contributed by atoms with Gasteiger partial charge in [-0.05, 0) is 28.7 Å². The highest BCUT2D eigenvalue weighted by molar-refractivity contribution is 5.46. The topological polar surface area (TPSA) is 9.23 Å². The van der Waals surface area contributed by atoms with Gasteiger partial charge in [-0.25, -0.2) is 0 Å². The van der Waals surface area contributed by atoms with Gasteiger partial charge in [-0.3, -0.25) is 0 Å². The van der Waals surface area contributed by atoms with Gasteiger partial charge in [-0.2, -0.15) is 0 Å². The lowest BCUT2D eigenvalue weighted by Crippen LogP contribution is -1.94. The summed E-state index contributed by atoms with van der Waals surface area (Å²) in [4.78, 5) is 0. The normalized spacial score (nSPS) is 13.2. The highest BCUT2D eigenvalue weighted by Gasteiger charge is 2.15. The summed E-state index contributed by atoms with van der Waals surface area (Å²) >= 11 is 0. The van der Waals surface area contributed by atoms with Crippen molar-refractivity contribution in [2.75, 3.05) is 6.61 Å². The summed E-state index contributed by atoms with van der Waals surface area (Å²) in [6.07, 6.45) is 3.12. The van der Waals surface area contributed by atoms with Crippen LogP contribution in [0.4, 0.5) is 0 Å². The van der Waals surface area contributed by atoms with Gasteiger partial charge < -0.3 is 4.74 Å². The second kappa shape index (κ2) is 4.85. The molecule has 0 saturated heterocycles. The van der Waals surface area contributed by atoms with Gasteiger partial charge in [0.05, 0.1) is 6.61 Å². The van der Waals surface area contributed by atoms with Crippen molar-refractivity contribution in [3.8, 4) is 5.75 Å². The van der Waals surface area contributed by atoms with Gasteiger partial charge in [0.25, 0.3) is 0 Å². The third kappa shape index (κ3) is 2.13. The Morgan fingerprint density at radius 1 is 1.00 bits per heavy atom. The smallest absolute Gasteiger partial charge is 0.126 e. The molecule has 0 fully saturated rings. The average molecular weight is 238 g/mol. The zero-order valence-corrected chi connectivity index (χ0v) is 10.8. The number of fused-ring (bicyclic) bond motifs is 1. The fourth-order valence-corrected chi connectivity index (χ4v) is 2.54. The number of ether oxygens (including phenoxy) is 1. The van der Waals surface area contributed by atoms with E-state index in [0.717, 1.165) is 31.6 Å². The molecule has 1 nitrogen and oxygen atoms in total. The molecule has 3 rings (SSSR count). The minimum atomic E-state index is 0.834. The Hall–Kier alpha value is -1.76. The number of benzene rings is 2. The van der Waals surface area contributed by atoms with Crippen molar-refractivity contribution in [1.82, 2.24) is 0 Å². The van der Waals surface area contributed by atoms with E-state index in [2.05, 4.69) is 49.4 Å². The molecular formula is C17H18O. The molecule has 1 heterocycles. The first-order valence-electron chi connectivity index (χ1n) is 6.68. The van der Waals surface area contributed by atoms with E-state index < -0.39 is 0 Å². The summed E-state index contributed by atoms with van der Waals surface area (Å²) in [5, 5.41) is 0. The van der Waals surface area contributed by atoms with Crippen LogP contribution in [0.3, 0.4) is 0 Å². The van der Waals surface area contributed by atoms with Crippen molar-refractivity contribution in [3.05, 3.63) is 64.7 Å². The standard InChI is InChI=1S/C17H18O/c1-2-13-6-8-14(9-7-13)12-16-5-3-4-15-10-11-18-17(15)16/h3-9H,2,10-12H2,1H3. The van der Waals surface area contributed by atoms with Crippen LogP contribution in [0.2, 0.25) is 0 Å². The molecule has 0 spiro atoms. The van der Waals surface area contributed by atoms with E-state index in [1.54, 1.807) is 0 Å². The summed E-state index contributed by atoms with van der Waals surface area (Å²) in [7, 11) is 0.